The number of furan rings is 1. The zero-order valence-electron chi connectivity index (χ0n) is 10.9. The first kappa shape index (κ1) is 11.1. The van der Waals surface area contributed by atoms with E-state index in [1.54, 1.807) is 7.11 Å². The summed E-state index contributed by atoms with van der Waals surface area (Å²) in [7, 11) is 1.66. The SMILES string of the molecule is COc1ccc2oc(-c3cn4ccccc4n3)cc2c1. The van der Waals surface area contributed by atoms with Gasteiger partial charge in [-0.3, -0.25) is 0 Å². The van der Waals surface area contributed by atoms with Gasteiger partial charge in [0.25, 0.3) is 0 Å². The molecule has 0 atom stereocenters. The van der Waals surface area contributed by atoms with Gasteiger partial charge in [0, 0.05) is 17.8 Å². The Labute approximate surface area is 115 Å². The molecule has 3 heterocycles. The summed E-state index contributed by atoms with van der Waals surface area (Å²) in [6, 6.07) is 13.7. The molecule has 4 aromatic rings. The Kier molecular flexibility index (Phi) is 2.29. The first-order valence-corrected chi connectivity index (χ1v) is 6.35. The van der Waals surface area contributed by atoms with E-state index >= 15 is 0 Å². The van der Waals surface area contributed by atoms with E-state index in [1.165, 1.54) is 0 Å². The minimum Gasteiger partial charge on any atom is -0.497 e. The van der Waals surface area contributed by atoms with Crippen LogP contribution < -0.4 is 4.74 Å². The van der Waals surface area contributed by atoms with Gasteiger partial charge >= 0.3 is 0 Å². The number of ether oxygens (including phenoxy) is 1. The van der Waals surface area contributed by atoms with Gasteiger partial charge in [-0.05, 0) is 36.4 Å². The Morgan fingerprint density at radius 2 is 2.10 bits per heavy atom. The quantitative estimate of drug-likeness (QED) is 0.553. The van der Waals surface area contributed by atoms with Crippen molar-refractivity contribution < 1.29 is 9.15 Å². The van der Waals surface area contributed by atoms with Crippen LogP contribution in [0.1, 0.15) is 0 Å². The third-order valence-corrected chi connectivity index (χ3v) is 3.34. The lowest BCUT2D eigenvalue weighted by atomic mass is 10.2. The largest absolute Gasteiger partial charge is 0.497 e. The van der Waals surface area contributed by atoms with Crippen LogP contribution in [0.3, 0.4) is 0 Å². The number of rotatable bonds is 2. The number of nitrogens with zero attached hydrogens (tertiary/aromatic N) is 2. The van der Waals surface area contributed by atoms with Gasteiger partial charge in [0.2, 0.25) is 0 Å². The molecular weight excluding hydrogens is 252 g/mol. The van der Waals surface area contributed by atoms with E-state index in [1.807, 2.05) is 59.3 Å². The van der Waals surface area contributed by atoms with Crippen molar-refractivity contribution in [1.82, 2.24) is 9.38 Å². The molecule has 98 valence electrons. The van der Waals surface area contributed by atoms with E-state index in [9.17, 15) is 0 Å². The number of hydrogen-bond acceptors (Lipinski definition) is 3. The highest BCUT2D eigenvalue weighted by Crippen LogP contribution is 2.29. The summed E-state index contributed by atoms with van der Waals surface area (Å²) in [4.78, 5) is 4.56. The lowest BCUT2D eigenvalue weighted by Gasteiger charge is -1.96. The fourth-order valence-electron chi connectivity index (χ4n) is 2.33. The molecular formula is C16H12N2O2. The van der Waals surface area contributed by atoms with E-state index in [2.05, 4.69) is 4.98 Å². The van der Waals surface area contributed by atoms with Crippen molar-refractivity contribution in [3.05, 3.63) is 54.9 Å². The molecule has 0 amide bonds. The summed E-state index contributed by atoms with van der Waals surface area (Å²) >= 11 is 0. The lowest BCUT2D eigenvalue weighted by Crippen LogP contribution is -1.79. The molecule has 0 unspecified atom stereocenters. The summed E-state index contributed by atoms with van der Waals surface area (Å²) in [5, 5.41) is 1.01. The smallest absolute Gasteiger partial charge is 0.155 e. The molecule has 0 spiro atoms. The molecule has 1 aromatic carbocycles. The molecule has 3 aromatic heterocycles. The third-order valence-electron chi connectivity index (χ3n) is 3.34. The first-order chi connectivity index (χ1) is 9.83. The van der Waals surface area contributed by atoms with Crippen molar-refractivity contribution in [2.24, 2.45) is 0 Å². The van der Waals surface area contributed by atoms with Gasteiger partial charge in [-0.2, -0.15) is 0 Å². The summed E-state index contributed by atoms with van der Waals surface area (Å²) in [6.45, 7) is 0. The molecule has 0 saturated carbocycles. The van der Waals surface area contributed by atoms with E-state index in [4.69, 9.17) is 9.15 Å². The van der Waals surface area contributed by atoms with Crippen molar-refractivity contribution >= 4 is 16.6 Å². The van der Waals surface area contributed by atoms with E-state index < -0.39 is 0 Å². The topological polar surface area (TPSA) is 39.7 Å². The highest BCUT2D eigenvalue weighted by Gasteiger charge is 2.10. The monoisotopic (exact) mass is 264 g/mol. The maximum absolute atomic E-state index is 5.85. The predicted octanol–water partition coefficient (Wildman–Crippen LogP) is 3.76. The van der Waals surface area contributed by atoms with Gasteiger partial charge in [0.1, 0.15) is 22.7 Å². The molecule has 4 heteroatoms. The second kappa shape index (κ2) is 4.13. The van der Waals surface area contributed by atoms with Crippen LogP contribution in [0.5, 0.6) is 5.75 Å². The number of benzene rings is 1. The maximum Gasteiger partial charge on any atom is 0.155 e. The van der Waals surface area contributed by atoms with E-state index in [0.717, 1.165) is 33.8 Å². The van der Waals surface area contributed by atoms with Crippen LogP contribution in [0.15, 0.2) is 59.3 Å². The number of pyridine rings is 1. The summed E-state index contributed by atoms with van der Waals surface area (Å²) in [6.07, 6.45) is 3.93. The highest BCUT2D eigenvalue weighted by molar-refractivity contribution is 5.83. The number of hydrogen-bond donors (Lipinski definition) is 0. The first-order valence-electron chi connectivity index (χ1n) is 6.35. The van der Waals surface area contributed by atoms with Crippen LogP contribution >= 0.6 is 0 Å². The van der Waals surface area contributed by atoms with Crippen LogP contribution in [0.4, 0.5) is 0 Å². The number of aromatic nitrogens is 2. The van der Waals surface area contributed by atoms with Crippen LogP contribution in [0, 0.1) is 0 Å². The predicted molar refractivity (Wildman–Crippen MR) is 77.0 cm³/mol. The number of methoxy groups -OCH3 is 1. The van der Waals surface area contributed by atoms with Crippen LogP contribution in [0.2, 0.25) is 0 Å². The van der Waals surface area contributed by atoms with Gasteiger partial charge in [-0.25, -0.2) is 4.98 Å². The van der Waals surface area contributed by atoms with Crippen molar-refractivity contribution in [2.45, 2.75) is 0 Å². The lowest BCUT2D eigenvalue weighted by molar-refractivity contribution is 0.415. The Balaban J connectivity index is 1.88. The molecule has 0 fully saturated rings. The van der Waals surface area contributed by atoms with Crippen molar-refractivity contribution in [1.29, 1.82) is 0 Å². The van der Waals surface area contributed by atoms with Crippen LogP contribution in [-0.2, 0) is 0 Å². The van der Waals surface area contributed by atoms with Gasteiger partial charge in [-0.15, -0.1) is 0 Å². The van der Waals surface area contributed by atoms with Crippen LogP contribution in [0.25, 0.3) is 28.1 Å². The maximum atomic E-state index is 5.85. The minimum absolute atomic E-state index is 0.761. The average molecular weight is 264 g/mol. The molecule has 0 aliphatic carbocycles. The number of imidazole rings is 1. The normalized spacial score (nSPS) is 11.2. The molecule has 20 heavy (non-hydrogen) atoms. The molecule has 0 aliphatic rings. The van der Waals surface area contributed by atoms with Crippen molar-refractivity contribution in [3.63, 3.8) is 0 Å². The number of fused-ring (bicyclic) bond motifs is 2. The fraction of sp³-hybridized carbons (Fsp3) is 0.0625. The Bertz CT molecular complexity index is 872. The highest BCUT2D eigenvalue weighted by atomic mass is 16.5. The van der Waals surface area contributed by atoms with Crippen molar-refractivity contribution in [2.75, 3.05) is 7.11 Å². The Morgan fingerprint density at radius 3 is 2.95 bits per heavy atom. The van der Waals surface area contributed by atoms with Gasteiger partial charge in [-0.1, -0.05) is 6.07 Å². The average Bonchev–Trinajstić information content (AvgIpc) is 3.09. The van der Waals surface area contributed by atoms with Gasteiger partial charge < -0.3 is 13.6 Å². The minimum atomic E-state index is 0.761. The molecule has 0 radical (unpaired) electrons. The molecule has 0 aliphatic heterocycles. The third kappa shape index (κ3) is 1.66. The summed E-state index contributed by atoms with van der Waals surface area (Å²) < 4.78 is 13.1. The zero-order valence-corrected chi connectivity index (χ0v) is 10.9. The second-order valence-corrected chi connectivity index (χ2v) is 4.61. The summed E-state index contributed by atoms with van der Waals surface area (Å²) in [5.41, 5.74) is 2.56. The molecule has 0 saturated heterocycles. The standard InChI is InChI=1S/C16H12N2O2/c1-19-12-5-6-14-11(8-12)9-15(20-14)13-10-18-7-3-2-4-16(18)17-13/h2-10H,1H3. The second-order valence-electron chi connectivity index (χ2n) is 4.61. The van der Waals surface area contributed by atoms with Crippen LogP contribution in [-0.4, -0.2) is 16.5 Å². The van der Waals surface area contributed by atoms with Gasteiger partial charge in [0.05, 0.1) is 7.11 Å². The summed E-state index contributed by atoms with van der Waals surface area (Å²) in [5.74, 6) is 1.58. The molecule has 4 nitrogen and oxygen atoms in total. The van der Waals surface area contributed by atoms with E-state index in [0.29, 0.717) is 0 Å². The Hall–Kier alpha value is -2.75. The fourth-order valence-corrected chi connectivity index (χ4v) is 2.33. The molecule has 0 N–H and O–H groups in total. The molecule has 4 rings (SSSR count). The van der Waals surface area contributed by atoms with Crippen molar-refractivity contribution in [3.8, 4) is 17.2 Å². The zero-order chi connectivity index (χ0) is 13.5. The van der Waals surface area contributed by atoms with E-state index in [-0.39, 0.29) is 0 Å². The Morgan fingerprint density at radius 1 is 1.15 bits per heavy atom. The van der Waals surface area contributed by atoms with Gasteiger partial charge in [0.15, 0.2) is 5.76 Å². The molecule has 0 bridgehead atoms.